The summed E-state index contributed by atoms with van der Waals surface area (Å²) < 4.78 is 21.8. The molecule has 3 nitrogen and oxygen atoms in total. The zero-order chi connectivity index (χ0) is 7.78. The standard InChI is InChI=1S/C6H11NO2S/c1-6-5-10(8,9)4-3-7(6)2/h2,6H,3-5H2,1H3. The molecule has 1 atom stereocenters. The molecule has 1 saturated heterocycles. The smallest absolute Gasteiger partial charge is 0.153 e. The van der Waals surface area contributed by atoms with Crippen molar-refractivity contribution in [2.24, 2.45) is 0 Å². The minimum atomic E-state index is -2.79. The second-order valence-corrected chi connectivity index (χ2v) is 4.93. The summed E-state index contributed by atoms with van der Waals surface area (Å²) in [5.74, 6) is 0.400. The predicted octanol–water partition coefficient (Wildman–Crippen LogP) is -0.226. The van der Waals surface area contributed by atoms with Gasteiger partial charge in [-0.15, -0.1) is 0 Å². The van der Waals surface area contributed by atoms with E-state index >= 15 is 0 Å². The lowest BCUT2D eigenvalue weighted by Crippen LogP contribution is -2.43. The van der Waals surface area contributed by atoms with Crippen molar-refractivity contribution in [3.63, 3.8) is 0 Å². The normalized spacial score (nSPS) is 34.0. The Bertz CT molecular complexity index is 210. The Balaban J connectivity index is 2.66. The molecule has 1 aliphatic rings. The summed E-state index contributed by atoms with van der Waals surface area (Å²) >= 11 is 0. The summed E-state index contributed by atoms with van der Waals surface area (Å²) in [7, 11) is 2.68. The Kier molecular flexibility index (Phi) is 2.01. The molecule has 1 unspecified atom stereocenters. The highest BCUT2D eigenvalue weighted by molar-refractivity contribution is 7.91. The first kappa shape index (κ1) is 8.01. The molecule has 0 aliphatic carbocycles. The van der Waals surface area contributed by atoms with Crippen LogP contribution in [0.15, 0.2) is 0 Å². The van der Waals surface area contributed by atoms with Crippen LogP contribution in [0.25, 0.3) is 0 Å². The maximum atomic E-state index is 10.9. The SMILES string of the molecule is [CH]N1CCS(=O)(=O)CC1C. The summed E-state index contributed by atoms with van der Waals surface area (Å²) in [6.07, 6.45) is 0. The van der Waals surface area contributed by atoms with Crippen LogP contribution in [0.1, 0.15) is 6.92 Å². The van der Waals surface area contributed by atoms with E-state index in [1.54, 1.807) is 4.90 Å². The number of sulfone groups is 1. The van der Waals surface area contributed by atoms with Gasteiger partial charge in [0.2, 0.25) is 0 Å². The first-order valence-corrected chi connectivity index (χ1v) is 5.05. The van der Waals surface area contributed by atoms with Crippen molar-refractivity contribution in [3.05, 3.63) is 7.05 Å². The molecular formula is C6H11NO2S. The number of hydrogen-bond acceptors (Lipinski definition) is 3. The lowest BCUT2D eigenvalue weighted by molar-refractivity contribution is 0.310. The molecule has 0 aromatic heterocycles. The molecule has 1 heterocycles. The topological polar surface area (TPSA) is 37.4 Å². The van der Waals surface area contributed by atoms with E-state index < -0.39 is 9.84 Å². The van der Waals surface area contributed by atoms with E-state index in [1.165, 1.54) is 0 Å². The molecule has 1 fully saturated rings. The second-order valence-electron chi connectivity index (χ2n) is 2.70. The van der Waals surface area contributed by atoms with Gasteiger partial charge in [-0.3, -0.25) is 4.90 Å². The minimum Gasteiger partial charge on any atom is -0.292 e. The van der Waals surface area contributed by atoms with Crippen LogP contribution in [0.4, 0.5) is 0 Å². The Labute approximate surface area is 61.9 Å². The van der Waals surface area contributed by atoms with Gasteiger partial charge in [-0.1, -0.05) is 0 Å². The van der Waals surface area contributed by atoms with Crippen molar-refractivity contribution in [1.82, 2.24) is 4.90 Å². The largest absolute Gasteiger partial charge is 0.292 e. The Morgan fingerprint density at radius 3 is 2.60 bits per heavy atom. The van der Waals surface area contributed by atoms with E-state index in [9.17, 15) is 8.42 Å². The molecule has 0 aromatic rings. The third kappa shape index (κ3) is 1.70. The van der Waals surface area contributed by atoms with Crippen molar-refractivity contribution in [1.29, 1.82) is 0 Å². The molecule has 4 heteroatoms. The van der Waals surface area contributed by atoms with Crippen molar-refractivity contribution >= 4 is 9.84 Å². The zero-order valence-electron chi connectivity index (χ0n) is 5.95. The van der Waals surface area contributed by atoms with Gasteiger partial charge in [0, 0.05) is 19.6 Å². The lowest BCUT2D eigenvalue weighted by atomic mass is 10.3. The summed E-state index contributed by atoms with van der Waals surface area (Å²) in [5.41, 5.74) is 0. The van der Waals surface area contributed by atoms with Gasteiger partial charge >= 0.3 is 0 Å². The quantitative estimate of drug-likeness (QED) is 0.492. The Morgan fingerprint density at radius 1 is 1.60 bits per heavy atom. The molecule has 0 saturated carbocycles. The van der Waals surface area contributed by atoms with E-state index in [2.05, 4.69) is 0 Å². The summed E-state index contributed by atoms with van der Waals surface area (Å²) in [4.78, 5) is 1.57. The molecular weight excluding hydrogens is 150 g/mol. The van der Waals surface area contributed by atoms with Gasteiger partial charge in [0.15, 0.2) is 9.84 Å². The van der Waals surface area contributed by atoms with E-state index in [0.29, 0.717) is 6.54 Å². The predicted molar refractivity (Wildman–Crippen MR) is 39.1 cm³/mol. The average Bonchev–Trinajstić information content (AvgIpc) is 1.79. The van der Waals surface area contributed by atoms with Crippen LogP contribution >= 0.6 is 0 Å². The van der Waals surface area contributed by atoms with Gasteiger partial charge in [-0.05, 0) is 6.92 Å². The van der Waals surface area contributed by atoms with Gasteiger partial charge in [-0.25, -0.2) is 8.42 Å². The highest BCUT2D eigenvalue weighted by Crippen LogP contribution is 2.08. The maximum absolute atomic E-state index is 10.9. The highest BCUT2D eigenvalue weighted by Gasteiger charge is 2.25. The van der Waals surface area contributed by atoms with Crippen LogP contribution in [-0.2, 0) is 9.84 Å². The summed E-state index contributed by atoms with van der Waals surface area (Å²) in [6, 6.07) is -0.0289. The van der Waals surface area contributed by atoms with Crippen molar-refractivity contribution in [3.8, 4) is 0 Å². The third-order valence-corrected chi connectivity index (χ3v) is 3.52. The van der Waals surface area contributed by atoms with Gasteiger partial charge in [-0.2, -0.15) is 0 Å². The molecule has 10 heavy (non-hydrogen) atoms. The first-order valence-electron chi connectivity index (χ1n) is 3.23. The van der Waals surface area contributed by atoms with Crippen LogP contribution in [-0.4, -0.2) is 37.4 Å². The first-order chi connectivity index (χ1) is 4.51. The van der Waals surface area contributed by atoms with E-state index in [0.717, 1.165) is 0 Å². The molecule has 1 aliphatic heterocycles. The van der Waals surface area contributed by atoms with Gasteiger partial charge in [0.25, 0.3) is 0 Å². The molecule has 2 radical (unpaired) electrons. The van der Waals surface area contributed by atoms with Crippen LogP contribution in [0.3, 0.4) is 0 Å². The maximum Gasteiger partial charge on any atom is 0.153 e. The van der Waals surface area contributed by atoms with Crippen molar-refractivity contribution in [2.75, 3.05) is 18.1 Å². The lowest BCUT2D eigenvalue weighted by Gasteiger charge is -2.28. The van der Waals surface area contributed by atoms with Crippen LogP contribution < -0.4 is 0 Å². The van der Waals surface area contributed by atoms with Gasteiger partial charge < -0.3 is 0 Å². The third-order valence-electron chi connectivity index (χ3n) is 1.72. The van der Waals surface area contributed by atoms with Crippen LogP contribution in [0, 0.1) is 7.05 Å². The van der Waals surface area contributed by atoms with Crippen molar-refractivity contribution in [2.45, 2.75) is 13.0 Å². The van der Waals surface area contributed by atoms with Crippen molar-refractivity contribution < 1.29 is 8.42 Å². The average molecular weight is 161 g/mol. The Hall–Kier alpha value is -0.0900. The molecule has 0 bridgehead atoms. The summed E-state index contributed by atoms with van der Waals surface area (Å²) in [6.45, 7) is 2.28. The van der Waals surface area contributed by atoms with Crippen LogP contribution in [0.2, 0.25) is 0 Å². The molecule has 0 amide bonds. The van der Waals surface area contributed by atoms with E-state index in [4.69, 9.17) is 7.05 Å². The number of nitrogens with zero attached hydrogens (tertiary/aromatic N) is 1. The molecule has 0 N–H and O–H groups in total. The Morgan fingerprint density at radius 2 is 2.20 bits per heavy atom. The molecule has 1 rings (SSSR count). The number of rotatable bonds is 0. The monoisotopic (exact) mass is 161 g/mol. The fourth-order valence-electron chi connectivity index (χ4n) is 1.01. The fourth-order valence-corrected chi connectivity index (χ4v) is 2.59. The van der Waals surface area contributed by atoms with Gasteiger partial charge in [0.1, 0.15) is 0 Å². The van der Waals surface area contributed by atoms with E-state index in [-0.39, 0.29) is 17.5 Å². The fraction of sp³-hybridized carbons (Fsp3) is 0.833. The molecule has 0 spiro atoms. The van der Waals surface area contributed by atoms with Crippen LogP contribution in [0.5, 0.6) is 0 Å². The second kappa shape index (κ2) is 2.51. The minimum absolute atomic E-state index is 0.0289. The van der Waals surface area contributed by atoms with E-state index in [1.807, 2.05) is 6.92 Å². The number of hydrogen-bond donors (Lipinski definition) is 0. The molecule has 58 valence electrons. The zero-order valence-corrected chi connectivity index (χ0v) is 6.76. The molecule has 0 aromatic carbocycles. The van der Waals surface area contributed by atoms with Gasteiger partial charge in [0.05, 0.1) is 11.5 Å². The summed E-state index contributed by atoms with van der Waals surface area (Å²) in [5, 5.41) is 0. The highest BCUT2D eigenvalue weighted by atomic mass is 32.2.